The molecule has 3 aromatic carbocycles. The van der Waals surface area contributed by atoms with Gasteiger partial charge in [0.2, 0.25) is 0 Å². The summed E-state index contributed by atoms with van der Waals surface area (Å²) in [6.07, 6.45) is 2.23. The van der Waals surface area contributed by atoms with E-state index in [9.17, 15) is 20.2 Å². The molecule has 32 heavy (non-hydrogen) atoms. The van der Waals surface area contributed by atoms with Gasteiger partial charge in [0.25, 0.3) is 11.6 Å². The number of rotatable bonds is 7. The number of nitro benzene ring substituents is 1. The first-order valence-electron chi connectivity index (χ1n) is 9.92. The van der Waals surface area contributed by atoms with Crippen LogP contribution in [0.5, 0.6) is 0 Å². The van der Waals surface area contributed by atoms with Crippen molar-refractivity contribution in [3.05, 3.63) is 82.4 Å². The maximum atomic E-state index is 13.0. The second-order valence-corrected chi connectivity index (χ2v) is 7.43. The summed E-state index contributed by atoms with van der Waals surface area (Å²) in [6.45, 7) is 1.97. The lowest BCUT2D eigenvalue weighted by Crippen LogP contribution is -2.49. The summed E-state index contributed by atoms with van der Waals surface area (Å²) in [5, 5.41) is 28.4. The molecule has 8 nitrogen and oxygen atoms in total. The molecule has 1 atom stereocenters. The van der Waals surface area contributed by atoms with Gasteiger partial charge in [-0.1, -0.05) is 42.5 Å². The molecule has 0 aromatic heterocycles. The van der Waals surface area contributed by atoms with Crippen LogP contribution in [0.3, 0.4) is 0 Å². The highest BCUT2D eigenvalue weighted by Crippen LogP contribution is 2.18. The zero-order chi connectivity index (χ0) is 23.1. The fourth-order valence-electron chi connectivity index (χ4n) is 3.26. The van der Waals surface area contributed by atoms with Crippen LogP contribution in [0, 0.1) is 21.6 Å². The van der Waals surface area contributed by atoms with Gasteiger partial charge in [-0.15, -0.1) is 0 Å². The van der Waals surface area contributed by atoms with Crippen LogP contribution >= 0.6 is 12.2 Å². The monoisotopic (exact) mass is 447 g/mol. The van der Waals surface area contributed by atoms with Crippen LogP contribution in [0.2, 0.25) is 0 Å². The van der Waals surface area contributed by atoms with E-state index in [-0.39, 0.29) is 17.3 Å². The predicted molar refractivity (Wildman–Crippen MR) is 127 cm³/mol. The van der Waals surface area contributed by atoms with Crippen molar-refractivity contribution in [2.75, 3.05) is 11.9 Å². The fraction of sp³-hybridized carbons (Fsp3) is 0.174. The lowest BCUT2D eigenvalue weighted by molar-refractivity contribution is -0.384. The Bertz CT molecular complexity index is 1190. The van der Waals surface area contributed by atoms with Crippen LogP contribution in [-0.2, 0) is 11.2 Å². The first-order valence-corrected chi connectivity index (χ1v) is 10.3. The summed E-state index contributed by atoms with van der Waals surface area (Å²) in [5.41, 5.74) is 1.42. The number of nitriles is 1. The Morgan fingerprint density at radius 3 is 2.47 bits per heavy atom. The minimum absolute atomic E-state index is 0.0357. The van der Waals surface area contributed by atoms with Gasteiger partial charge in [-0.25, -0.2) is 4.90 Å². The average molecular weight is 448 g/mol. The molecule has 0 saturated heterocycles. The van der Waals surface area contributed by atoms with Gasteiger partial charge in [-0.3, -0.25) is 14.9 Å². The third kappa shape index (κ3) is 5.56. The molecular weight excluding hydrogens is 426 g/mol. The molecule has 0 spiro atoms. The van der Waals surface area contributed by atoms with Crippen LogP contribution in [0.25, 0.3) is 10.8 Å². The van der Waals surface area contributed by atoms with Crippen LogP contribution in [0.4, 0.5) is 11.4 Å². The molecule has 1 amide bonds. The summed E-state index contributed by atoms with van der Waals surface area (Å²) >= 11 is 5.36. The summed E-state index contributed by atoms with van der Waals surface area (Å²) in [4.78, 5) is 24.4. The van der Waals surface area contributed by atoms with Gasteiger partial charge in [0, 0.05) is 30.8 Å². The maximum absolute atomic E-state index is 13.0. The van der Waals surface area contributed by atoms with Crippen molar-refractivity contribution in [3.63, 3.8) is 0 Å². The number of fused-ring (bicyclic) bond motifs is 1. The molecule has 2 N–H and O–H groups in total. The Morgan fingerprint density at radius 2 is 1.84 bits per heavy atom. The summed E-state index contributed by atoms with van der Waals surface area (Å²) in [7, 11) is 0. The fourth-order valence-corrected chi connectivity index (χ4v) is 3.52. The number of nitro groups is 1. The van der Waals surface area contributed by atoms with E-state index in [4.69, 9.17) is 12.2 Å². The zero-order valence-corrected chi connectivity index (χ0v) is 18.1. The summed E-state index contributed by atoms with van der Waals surface area (Å²) in [5.74, 6) is -0.393. The molecule has 0 aliphatic rings. The third-order valence-electron chi connectivity index (χ3n) is 4.90. The number of thiocarbonyl (C=S) groups is 1. The van der Waals surface area contributed by atoms with Gasteiger partial charge in [0.1, 0.15) is 6.04 Å². The molecular formula is C23H21N5O3S. The Balaban J connectivity index is 1.78. The lowest BCUT2D eigenvalue weighted by atomic mass is 10.0. The molecule has 162 valence electrons. The number of hydrogen-bond donors (Lipinski definition) is 2. The summed E-state index contributed by atoms with van der Waals surface area (Å²) in [6, 6.07) is 18.9. The van der Waals surface area contributed by atoms with E-state index in [2.05, 4.69) is 10.6 Å². The highest BCUT2D eigenvalue weighted by atomic mass is 32.1. The SMILES string of the molecule is CCN(C#N)C(=O)C(Cc1ccc2ccccc2c1)NC(=S)Nc1ccc([N+](=O)[O-])cc1. The van der Waals surface area contributed by atoms with Crippen LogP contribution in [0.15, 0.2) is 66.7 Å². The smallest absolute Gasteiger partial charge is 0.269 e. The molecule has 0 heterocycles. The van der Waals surface area contributed by atoms with Crippen LogP contribution < -0.4 is 10.6 Å². The lowest BCUT2D eigenvalue weighted by Gasteiger charge is -2.23. The number of nitrogens with zero attached hydrogens (tertiary/aromatic N) is 3. The Hall–Kier alpha value is -4.03. The van der Waals surface area contributed by atoms with E-state index in [0.717, 1.165) is 21.2 Å². The first-order chi connectivity index (χ1) is 15.4. The molecule has 0 aliphatic carbocycles. The maximum Gasteiger partial charge on any atom is 0.269 e. The van der Waals surface area contributed by atoms with Crippen molar-refractivity contribution in [2.24, 2.45) is 0 Å². The number of non-ortho nitro benzene ring substituents is 1. The molecule has 0 fully saturated rings. The standard InChI is InChI=1S/C23H21N5O3S/c1-2-27(15-24)22(29)21(14-16-7-8-17-5-3-4-6-18(17)13-16)26-23(32)25-19-9-11-20(12-10-19)28(30)31/h3-13,21H,2,14H2,1H3,(H2,25,26,32). The second-order valence-electron chi connectivity index (χ2n) is 7.02. The normalized spacial score (nSPS) is 11.2. The highest BCUT2D eigenvalue weighted by Gasteiger charge is 2.25. The molecule has 3 rings (SSSR count). The topological polar surface area (TPSA) is 111 Å². The van der Waals surface area contributed by atoms with Gasteiger partial charge in [0.15, 0.2) is 11.3 Å². The number of amides is 1. The third-order valence-corrected chi connectivity index (χ3v) is 5.12. The van der Waals surface area contributed by atoms with Gasteiger partial charge >= 0.3 is 0 Å². The Kier molecular flexibility index (Phi) is 7.31. The molecule has 0 bridgehead atoms. The number of carbonyl (C=O) groups excluding carboxylic acids is 1. The zero-order valence-electron chi connectivity index (χ0n) is 17.3. The Labute approximate surface area is 190 Å². The van der Waals surface area contributed by atoms with Crippen molar-refractivity contribution in [1.29, 1.82) is 5.26 Å². The van der Waals surface area contributed by atoms with E-state index in [1.54, 1.807) is 6.92 Å². The number of anilines is 1. The minimum atomic E-state index is -0.770. The van der Waals surface area contributed by atoms with Crippen molar-refractivity contribution >= 4 is 45.4 Å². The van der Waals surface area contributed by atoms with Crippen molar-refractivity contribution in [1.82, 2.24) is 10.2 Å². The second kappa shape index (κ2) is 10.3. The number of likely N-dealkylation sites (N-methyl/N-ethyl adjacent to an activating group) is 1. The van der Waals surface area contributed by atoms with Crippen LogP contribution in [-0.4, -0.2) is 33.4 Å². The van der Waals surface area contributed by atoms with Gasteiger partial charge in [0.05, 0.1) is 4.92 Å². The predicted octanol–water partition coefficient (Wildman–Crippen LogP) is 3.98. The molecule has 3 aromatic rings. The van der Waals surface area contributed by atoms with E-state index in [1.807, 2.05) is 48.7 Å². The largest absolute Gasteiger partial charge is 0.350 e. The van der Waals surface area contributed by atoms with Crippen molar-refractivity contribution in [2.45, 2.75) is 19.4 Å². The molecule has 0 aliphatic heterocycles. The number of carbonyl (C=O) groups is 1. The average Bonchev–Trinajstić information content (AvgIpc) is 2.79. The van der Waals surface area contributed by atoms with E-state index in [1.165, 1.54) is 24.3 Å². The number of hydrogen-bond acceptors (Lipinski definition) is 5. The molecule has 0 radical (unpaired) electrons. The van der Waals surface area contributed by atoms with Gasteiger partial charge in [-0.05, 0) is 47.6 Å². The summed E-state index contributed by atoms with van der Waals surface area (Å²) < 4.78 is 0. The molecule has 1 unspecified atom stereocenters. The number of nitrogens with one attached hydrogen (secondary N) is 2. The van der Waals surface area contributed by atoms with Gasteiger partial charge in [-0.2, -0.15) is 5.26 Å². The van der Waals surface area contributed by atoms with E-state index < -0.39 is 16.9 Å². The molecule has 0 saturated carbocycles. The van der Waals surface area contributed by atoms with Gasteiger partial charge < -0.3 is 10.6 Å². The Morgan fingerprint density at radius 1 is 1.16 bits per heavy atom. The number of benzene rings is 3. The van der Waals surface area contributed by atoms with E-state index >= 15 is 0 Å². The first kappa shape index (κ1) is 22.7. The highest BCUT2D eigenvalue weighted by molar-refractivity contribution is 7.80. The quantitative estimate of drug-likeness (QED) is 0.185. The van der Waals surface area contributed by atoms with Crippen molar-refractivity contribution < 1.29 is 9.72 Å². The van der Waals surface area contributed by atoms with Crippen molar-refractivity contribution in [3.8, 4) is 6.19 Å². The van der Waals surface area contributed by atoms with Crippen LogP contribution in [0.1, 0.15) is 12.5 Å². The minimum Gasteiger partial charge on any atom is -0.350 e. The van der Waals surface area contributed by atoms with E-state index in [0.29, 0.717) is 12.1 Å². The molecule has 9 heteroatoms.